The number of amides is 4. The molecule has 1 aliphatic heterocycles. The SMILES string of the molecule is CCC(NC(=O)N1C(=O)[C@H](Cc2cc(C)nc(N)c2)[C@H]1C(=O)N(C)c1nccn1C)c1ccc(C)cc1. The smallest absolute Gasteiger partial charge is 0.325 e. The molecule has 1 aromatic carbocycles. The molecule has 0 radical (unpaired) electrons. The monoisotopic (exact) mass is 503 g/mol. The van der Waals surface area contributed by atoms with Crippen molar-refractivity contribution in [2.75, 3.05) is 17.7 Å². The lowest BCUT2D eigenvalue weighted by Gasteiger charge is -2.45. The topological polar surface area (TPSA) is 126 Å². The summed E-state index contributed by atoms with van der Waals surface area (Å²) >= 11 is 0. The highest BCUT2D eigenvalue weighted by molar-refractivity contribution is 6.12. The number of likely N-dealkylation sites (N-methyl/N-ethyl adjacent to an activating group) is 1. The summed E-state index contributed by atoms with van der Waals surface area (Å²) in [6.45, 7) is 5.77. The summed E-state index contributed by atoms with van der Waals surface area (Å²) in [6.07, 6.45) is 4.20. The van der Waals surface area contributed by atoms with Crippen LogP contribution in [-0.4, -0.2) is 50.4 Å². The van der Waals surface area contributed by atoms with Crippen LogP contribution in [0.5, 0.6) is 0 Å². The lowest BCUT2D eigenvalue weighted by atomic mass is 9.81. The number of nitrogens with two attached hydrogens (primary N) is 1. The number of pyridine rings is 1. The van der Waals surface area contributed by atoms with Crippen molar-refractivity contribution in [2.45, 2.75) is 45.7 Å². The van der Waals surface area contributed by atoms with Crippen LogP contribution in [0.25, 0.3) is 0 Å². The molecule has 3 N–H and O–H groups in total. The zero-order valence-corrected chi connectivity index (χ0v) is 21.8. The largest absolute Gasteiger partial charge is 0.384 e. The lowest BCUT2D eigenvalue weighted by Crippen LogP contribution is -2.70. The quantitative estimate of drug-likeness (QED) is 0.478. The first-order valence-electron chi connectivity index (χ1n) is 12.3. The molecule has 10 nitrogen and oxygen atoms in total. The van der Waals surface area contributed by atoms with Gasteiger partial charge >= 0.3 is 6.03 Å². The Hall–Kier alpha value is -4.21. The first-order valence-corrected chi connectivity index (χ1v) is 12.3. The molecule has 1 aliphatic rings. The van der Waals surface area contributed by atoms with Gasteiger partial charge in [-0.05, 0) is 49.9 Å². The van der Waals surface area contributed by atoms with Gasteiger partial charge in [0.05, 0.1) is 12.0 Å². The van der Waals surface area contributed by atoms with Gasteiger partial charge in [0, 0.05) is 32.2 Å². The number of nitrogens with zero attached hydrogens (tertiary/aromatic N) is 5. The number of imidazole rings is 1. The minimum Gasteiger partial charge on any atom is -0.384 e. The Labute approximate surface area is 216 Å². The van der Waals surface area contributed by atoms with E-state index in [-0.39, 0.29) is 12.5 Å². The molecule has 1 unspecified atom stereocenters. The number of aryl methyl sites for hydroxylation is 3. The third-order valence-electron chi connectivity index (χ3n) is 6.79. The molecule has 1 fully saturated rings. The van der Waals surface area contributed by atoms with E-state index in [2.05, 4.69) is 15.3 Å². The van der Waals surface area contributed by atoms with E-state index >= 15 is 0 Å². The van der Waals surface area contributed by atoms with E-state index in [4.69, 9.17) is 5.73 Å². The van der Waals surface area contributed by atoms with Gasteiger partial charge in [0.1, 0.15) is 11.9 Å². The third kappa shape index (κ3) is 5.18. The molecule has 0 saturated carbocycles. The number of hydrogen-bond donors (Lipinski definition) is 2. The van der Waals surface area contributed by atoms with Gasteiger partial charge < -0.3 is 15.6 Å². The van der Waals surface area contributed by atoms with Gasteiger partial charge in [-0.25, -0.2) is 14.8 Å². The summed E-state index contributed by atoms with van der Waals surface area (Å²) in [5.41, 5.74) is 9.45. The average molecular weight is 504 g/mol. The van der Waals surface area contributed by atoms with Crippen molar-refractivity contribution in [1.29, 1.82) is 0 Å². The number of aromatic nitrogens is 3. The highest BCUT2D eigenvalue weighted by Crippen LogP contribution is 2.33. The van der Waals surface area contributed by atoms with E-state index in [0.29, 0.717) is 23.9 Å². The number of urea groups is 1. The number of carbonyl (C=O) groups excluding carboxylic acids is 3. The summed E-state index contributed by atoms with van der Waals surface area (Å²) in [4.78, 5) is 51.3. The van der Waals surface area contributed by atoms with Crippen LogP contribution in [-0.2, 0) is 23.1 Å². The average Bonchev–Trinajstić information content (AvgIpc) is 3.28. The summed E-state index contributed by atoms with van der Waals surface area (Å²) < 4.78 is 1.70. The fourth-order valence-corrected chi connectivity index (χ4v) is 4.81. The van der Waals surface area contributed by atoms with Gasteiger partial charge in [0.2, 0.25) is 11.9 Å². The van der Waals surface area contributed by atoms with E-state index in [0.717, 1.165) is 21.6 Å². The maximum atomic E-state index is 13.7. The number of imide groups is 1. The van der Waals surface area contributed by atoms with Crippen LogP contribution < -0.4 is 16.0 Å². The van der Waals surface area contributed by atoms with Crippen LogP contribution in [0.2, 0.25) is 0 Å². The Bertz CT molecular complexity index is 1300. The van der Waals surface area contributed by atoms with Crippen molar-refractivity contribution in [3.8, 4) is 0 Å². The summed E-state index contributed by atoms with van der Waals surface area (Å²) in [5, 5.41) is 2.95. The molecule has 1 saturated heterocycles. The number of hydrogen-bond acceptors (Lipinski definition) is 6. The van der Waals surface area contributed by atoms with Crippen LogP contribution in [0.4, 0.5) is 16.6 Å². The molecule has 194 valence electrons. The molecule has 0 bridgehead atoms. The third-order valence-corrected chi connectivity index (χ3v) is 6.79. The first kappa shape index (κ1) is 25.9. The second kappa shape index (κ2) is 10.4. The Morgan fingerprint density at radius 3 is 2.49 bits per heavy atom. The number of rotatable bonds is 7. The minimum absolute atomic E-state index is 0.260. The maximum absolute atomic E-state index is 13.7. The van der Waals surface area contributed by atoms with Gasteiger partial charge in [-0.15, -0.1) is 0 Å². The molecule has 0 spiro atoms. The van der Waals surface area contributed by atoms with E-state index < -0.39 is 29.8 Å². The number of nitrogen functional groups attached to an aromatic ring is 1. The molecule has 37 heavy (non-hydrogen) atoms. The second-order valence-electron chi connectivity index (χ2n) is 9.56. The Kier molecular flexibility index (Phi) is 7.28. The van der Waals surface area contributed by atoms with E-state index in [9.17, 15) is 14.4 Å². The molecule has 0 aliphatic carbocycles. The van der Waals surface area contributed by atoms with Crippen molar-refractivity contribution in [3.05, 3.63) is 71.2 Å². The second-order valence-corrected chi connectivity index (χ2v) is 9.56. The lowest BCUT2D eigenvalue weighted by molar-refractivity contribution is -0.156. The molecule has 3 aromatic rings. The zero-order valence-electron chi connectivity index (χ0n) is 21.8. The van der Waals surface area contributed by atoms with E-state index in [1.807, 2.05) is 51.1 Å². The van der Waals surface area contributed by atoms with Crippen LogP contribution in [0.1, 0.15) is 41.8 Å². The van der Waals surface area contributed by atoms with Gasteiger partial charge in [-0.1, -0.05) is 36.8 Å². The normalized spacial score (nSPS) is 17.8. The fourth-order valence-electron chi connectivity index (χ4n) is 4.81. The Morgan fingerprint density at radius 2 is 1.89 bits per heavy atom. The zero-order chi connectivity index (χ0) is 26.9. The summed E-state index contributed by atoms with van der Waals surface area (Å²) in [5.74, 6) is -0.763. The van der Waals surface area contributed by atoms with Crippen LogP contribution in [0.3, 0.4) is 0 Å². The van der Waals surface area contributed by atoms with Gasteiger partial charge in [0.25, 0.3) is 5.91 Å². The van der Waals surface area contributed by atoms with Crippen LogP contribution in [0.15, 0.2) is 48.8 Å². The molecule has 3 heterocycles. The highest BCUT2D eigenvalue weighted by Gasteiger charge is 2.55. The van der Waals surface area contributed by atoms with Gasteiger partial charge in [-0.2, -0.15) is 0 Å². The van der Waals surface area contributed by atoms with Gasteiger partial charge in [-0.3, -0.25) is 19.4 Å². The van der Waals surface area contributed by atoms with Crippen molar-refractivity contribution in [3.63, 3.8) is 0 Å². The number of β-lactam (4-membered cyclic amide) rings is 1. The van der Waals surface area contributed by atoms with Gasteiger partial charge in [0.15, 0.2) is 0 Å². The molecular weight excluding hydrogens is 470 g/mol. The minimum atomic E-state index is -0.987. The first-order chi connectivity index (χ1) is 17.6. The van der Waals surface area contributed by atoms with Crippen molar-refractivity contribution in [2.24, 2.45) is 13.0 Å². The van der Waals surface area contributed by atoms with Crippen molar-refractivity contribution < 1.29 is 14.4 Å². The van der Waals surface area contributed by atoms with E-state index in [1.54, 1.807) is 37.1 Å². The summed E-state index contributed by atoms with van der Waals surface area (Å²) in [6, 6.07) is 9.52. The number of nitrogens with one attached hydrogen (secondary N) is 1. The highest BCUT2D eigenvalue weighted by atomic mass is 16.2. The predicted molar refractivity (Wildman–Crippen MR) is 141 cm³/mol. The maximum Gasteiger partial charge on any atom is 0.325 e. The Balaban J connectivity index is 1.61. The number of likely N-dealkylation sites (tertiary alicyclic amines) is 1. The molecular formula is C27H33N7O3. The fraction of sp³-hybridized carbons (Fsp3) is 0.370. The standard InChI is InChI=1S/C27H33N7O3/c1-6-21(19-9-7-16(2)8-10-19)31-27(37)34-23(25(36)33(5)26-29-11-12-32(26)4)20(24(34)35)14-18-13-17(3)30-22(28)15-18/h7-13,15,20-21,23H,6,14H2,1-5H3,(H2,28,30)(H,31,37)/t20-,21?,23+/m1/s1. The number of carbonyl (C=O) groups is 3. The van der Waals surface area contributed by atoms with E-state index in [1.165, 1.54) is 4.90 Å². The molecule has 4 rings (SSSR count). The van der Waals surface area contributed by atoms with Crippen molar-refractivity contribution >= 4 is 29.6 Å². The Morgan fingerprint density at radius 1 is 1.19 bits per heavy atom. The van der Waals surface area contributed by atoms with Crippen LogP contribution >= 0.6 is 0 Å². The molecule has 2 aromatic heterocycles. The predicted octanol–water partition coefficient (Wildman–Crippen LogP) is 2.91. The van der Waals surface area contributed by atoms with Crippen molar-refractivity contribution in [1.82, 2.24) is 24.8 Å². The number of anilines is 2. The summed E-state index contributed by atoms with van der Waals surface area (Å²) in [7, 11) is 3.37. The molecule has 3 atom stereocenters. The molecule has 10 heteroatoms. The van der Waals surface area contributed by atoms with Crippen LogP contribution in [0, 0.1) is 19.8 Å². The number of benzene rings is 1. The molecule has 4 amide bonds.